The van der Waals surface area contributed by atoms with E-state index >= 15 is 0 Å². The number of guanidine groups is 1. The zero-order valence-corrected chi connectivity index (χ0v) is 18.0. The number of halogens is 1. The molecule has 0 aromatic heterocycles. The van der Waals surface area contributed by atoms with Gasteiger partial charge < -0.3 is 10.6 Å². The summed E-state index contributed by atoms with van der Waals surface area (Å²) in [5.74, 6) is 0.706. The van der Waals surface area contributed by atoms with Crippen LogP contribution in [0.2, 0.25) is 0 Å². The van der Waals surface area contributed by atoms with E-state index in [2.05, 4.69) is 22.5 Å². The van der Waals surface area contributed by atoms with Gasteiger partial charge in [0.15, 0.2) is 5.96 Å². The van der Waals surface area contributed by atoms with E-state index < -0.39 is 10.0 Å². The zero-order chi connectivity index (χ0) is 17.3. The number of sulfonamides is 1. The van der Waals surface area contributed by atoms with Crippen molar-refractivity contribution in [2.45, 2.75) is 38.1 Å². The van der Waals surface area contributed by atoms with Gasteiger partial charge in [-0.15, -0.1) is 24.0 Å². The second-order valence-electron chi connectivity index (χ2n) is 5.37. The molecule has 138 valence electrons. The SMILES string of the molecule is CCCCNC(=NCc1ccccc1S(=O)(=O)N(C)C)NCC.I. The highest BCUT2D eigenvalue weighted by Crippen LogP contribution is 2.19. The first kappa shape index (κ1) is 23.1. The number of hydrogen-bond donors (Lipinski definition) is 2. The first-order chi connectivity index (χ1) is 10.9. The lowest BCUT2D eigenvalue weighted by atomic mass is 10.2. The van der Waals surface area contributed by atoms with Gasteiger partial charge in [-0.3, -0.25) is 0 Å². The lowest BCUT2D eigenvalue weighted by molar-refractivity contribution is 0.519. The number of unbranched alkanes of at least 4 members (excludes halogenated alkanes) is 1. The average molecular weight is 468 g/mol. The highest BCUT2D eigenvalue weighted by atomic mass is 127. The molecule has 1 rings (SSSR count). The number of hydrogen-bond acceptors (Lipinski definition) is 3. The van der Waals surface area contributed by atoms with Crippen molar-refractivity contribution in [3.8, 4) is 0 Å². The molecule has 0 aliphatic heterocycles. The molecule has 0 aliphatic rings. The van der Waals surface area contributed by atoms with Gasteiger partial charge in [-0.1, -0.05) is 31.5 Å². The number of rotatable bonds is 8. The van der Waals surface area contributed by atoms with Crippen LogP contribution in [0.4, 0.5) is 0 Å². The monoisotopic (exact) mass is 468 g/mol. The molecule has 0 fully saturated rings. The molecule has 0 unspecified atom stereocenters. The second-order valence-corrected chi connectivity index (χ2v) is 7.49. The van der Waals surface area contributed by atoms with E-state index in [9.17, 15) is 8.42 Å². The van der Waals surface area contributed by atoms with Gasteiger partial charge >= 0.3 is 0 Å². The summed E-state index contributed by atoms with van der Waals surface area (Å²) in [5.41, 5.74) is 0.689. The van der Waals surface area contributed by atoms with Gasteiger partial charge in [0, 0.05) is 27.2 Å². The summed E-state index contributed by atoms with van der Waals surface area (Å²) in [6.07, 6.45) is 2.17. The maximum atomic E-state index is 12.4. The van der Waals surface area contributed by atoms with Crippen LogP contribution in [-0.4, -0.2) is 45.9 Å². The molecular weight excluding hydrogens is 439 g/mol. The normalized spacial score (nSPS) is 12.0. The topological polar surface area (TPSA) is 73.8 Å². The van der Waals surface area contributed by atoms with Gasteiger partial charge in [0.05, 0.1) is 11.4 Å². The highest BCUT2D eigenvalue weighted by Gasteiger charge is 2.20. The Bertz CT molecular complexity index is 618. The lowest BCUT2D eigenvalue weighted by Crippen LogP contribution is -2.37. The number of nitrogens with one attached hydrogen (secondary N) is 2. The summed E-state index contributed by atoms with van der Waals surface area (Å²) < 4.78 is 26.0. The molecule has 1 aromatic rings. The van der Waals surface area contributed by atoms with Crippen LogP contribution in [0.3, 0.4) is 0 Å². The quantitative estimate of drug-likeness (QED) is 0.266. The standard InChI is InChI=1S/C16H28N4O2S.HI/c1-5-7-12-18-16(17-6-2)19-13-14-10-8-9-11-15(14)23(21,22)20(3)4;/h8-11H,5-7,12-13H2,1-4H3,(H2,17,18,19);1H. The average Bonchev–Trinajstić information content (AvgIpc) is 2.53. The zero-order valence-electron chi connectivity index (χ0n) is 14.9. The van der Waals surface area contributed by atoms with E-state index in [-0.39, 0.29) is 24.0 Å². The van der Waals surface area contributed by atoms with E-state index in [0.29, 0.717) is 23.0 Å². The molecule has 0 atom stereocenters. The molecule has 0 spiro atoms. The minimum Gasteiger partial charge on any atom is -0.357 e. The predicted octanol–water partition coefficient (Wildman–Crippen LogP) is 2.41. The molecule has 0 aliphatic carbocycles. The van der Waals surface area contributed by atoms with Crippen molar-refractivity contribution in [3.63, 3.8) is 0 Å². The Labute approximate surface area is 163 Å². The fourth-order valence-electron chi connectivity index (χ4n) is 1.97. The molecule has 0 heterocycles. The fraction of sp³-hybridized carbons (Fsp3) is 0.562. The Morgan fingerprint density at radius 3 is 2.42 bits per heavy atom. The molecular formula is C16H29IN4O2S. The highest BCUT2D eigenvalue weighted by molar-refractivity contribution is 14.0. The molecule has 0 amide bonds. The Morgan fingerprint density at radius 1 is 1.17 bits per heavy atom. The number of nitrogens with zero attached hydrogens (tertiary/aromatic N) is 2. The summed E-state index contributed by atoms with van der Waals surface area (Å²) in [5, 5.41) is 6.42. The molecule has 8 heteroatoms. The van der Waals surface area contributed by atoms with Crippen LogP contribution in [0.1, 0.15) is 32.3 Å². The Balaban J connectivity index is 0.00000529. The van der Waals surface area contributed by atoms with Crippen LogP contribution in [0.25, 0.3) is 0 Å². The van der Waals surface area contributed by atoms with Gasteiger partial charge in [0.1, 0.15) is 0 Å². The van der Waals surface area contributed by atoms with Crippen molar-refractivity contribution >= 4 is 40.0 Å². The molecule has 6 nitrogen and oxygen atoms in total. The molecule has 0 radical (unpaired) electrons. The van der Waals surface area contributed by atoms with Gasteiger partial charge in [-0.2, -0.15) is 0 Å². The van der Waals surface area contributed by atoms with E-state index in [1.54, 1.807) is 18.2 Å². The van der Waals surface area contributed by atoms with Gasteiger partial charge in [-0.25, -0.2) is 17.7 Å². The van der Waals surface area contributed by atoms with Crippen LogP contribution < -0.4 is 10.6 Å². The number of benzene rings is 1. The Kier molecular flexibility index (Phi) is 11.2. The maximum Gasteiger partial charge on any atom is 0.242 e. The van der Waals surface area contributed by atoms with Crippen LogP contribution >= 0.6 is 24.0 Å². The molecule has 24 heavy (non-hydrogen) atoms. The molecule has 0 saturated carbocycles. The second kappa shape index (κ2) is 11.6. The van der Waals surface area contributed by atoms with E-state index in [4.69, 9.17) is 0 Å². The van der Waals surface area contributed by atoms with Crippen LogP contribution in [0.5, 0.6) is 0 Å². The van der Waals surface area contributed by atoms with Crippen LogP contribution in [0, 0.1) is 0 Å². The van der Waals surface area contributed by atoms with Crippen molar-refractivity contribution in [2.75, 3.05) is 27.2 Å². The smallest absolute Gasteiger partial charge is 0.242 e. The fourth-order valence-corrected chi connectivity index (χ4v) is 3.08. The molecule has 0 saturated heterocycles. The van der Waals surface area contributed by atoms with Crippen molar-refractivity contribution < 1.29 is 8.42 Å². The lowest BCUT2D eigenvalue weighted by Gasteiger charge is -2.15. The summed E-state index contributed by atoms with van der Waals surface area (Å²) in [4.78, 5) is 4.80. The first-order valence-corrected chi connectivity index (χ1v) is 9.40. The molecule has 1 aromatic carbocycles. The van der Waals surface area contributed by atoms with E-state index in [0.717, 1.165) is 25.9 Å². The Hall–Kier alpha value is -0.870. The molecule has 0 bridgehead atoms. The van der Waals surface area contributed by atoms with Gasteiger partial charge in [-0.05, 0) is 25.0 Å². The minimum absolute atomic E-state index is 0. The minimum atomic E-state index is -3.47. The third-order valence-electron chi connectivity index (χ3n) is 3.31. The van der Waals surface area contributed by atoms with Gasteiger partial charge in [0.25, 0.3) is 0 Å². The van der Waals surface area contributed by atoms with Crippen molar-refractivity contribution in [2.24, 2.45) is 4.99 Å². The van der Waals surface area contributed by atoms with Gasteiger partial charge in [0.2, 0.25) is 10.0 Å². The van der Waals surface area contributed by atoms with Crippen molar-refractivity contribution in [1.82, 2.24) is 14.9 Å². The Morgan fingerprint density at radius 2 is 1.83 bits per heavy atom. The third kappa shape index (κ3) is 6.94. The largest absolute Gasteiger partial charge is 0.357 e. The third-order valence-corrected chi connectivity index (χ3v) is 5.22. The summed E-state index contributed by atoms with van der Waals surface area (Å²) >= 11 is 0. The van der Waals surface area contributed by atoms with E-state index in [1.807, 2.05) is 13.0 Å². The first-order valence-electron chi connectivity index (χ1n) is 7.96. The predicted molar refractivity (Wildman–Crippen MR) is 110 cm³/mol. The summed E-state index contributed by atoms with van der Waals surface area (Å²) in [7, 11) is -0.398. The maximum absolute atomic E-state index is 12.4. The summed E-state index contributed by atoms with van der Waals surface area (Å²) in [6, 6.07) is 6.98. The summed E-state index contributed by atoms with van der Waals surface area (Å²) in [6.45, 7) is 6.05. The van der Waals surface area contributed by atoms with Crippen molar-refractivity contribution in [1.29, 1.82) is 0 Å². The molecule has 2 N–H and O–H groups in total. The number of aliphatic imine (C=N–C) groups is 1. The van der Waals surface area contributed by atoms with E-state index in [1.165, 1.54) is 18.4 Å². The van der Waals surface area contributed by atoms with Crippen LogP contribution in [0.15, 0.2) is 34.2 Å². The van der Waals surface area contributed by atoms with Crippen molar-refractivity contribution in [3.05, 3.63) is 29.8 Å². The van der Waals surface area contributed by atoms with Crippen LogP contribution in [-0.2, 0) is 16.6 Å².